The van der Waals surface area contributed by atoms with Gasteiger partial charge in [0.05, 0.1) is 0 Å². The summed E-state index contributed by atoms with van der Waals surface area (Å²) in [6.07, 6.45) is 6.45. The van der Waals surface area contributed by atoms with E-state index in [-0.39, 0.29) is 24.1 Å². The van der Waals surface area contributed by atoms with Crippen molar-refractivity contribution in [1.29, 1.82) is 0 Å². The predicted molar refractivity (Wildman–Crippen MR) is 132 cm³/mol. The fourth-order valence-electron chi connectivity index (χ4n) is 3.42. The van der Waals surface area contributed by atoms with Crippen LogP contribution in [0.15, 0.2) is 18.2 Å². The average molecular weight is 433 g/mol. The number of carbonyl (C=O) groups is 2. The van der Waals surface area contributed by atoms with Crippen molar-refractivity contribution in [2.45, 2.75) is 99.1 Å². The maximum atomic E-state index is 12.4. The van der Waals surface area contributed by atoms with Gasteiger partial charge < -0.3 is 21.3 Å². The summed E-state index contributed by atoms with van der Waals surface area (Å²) in [6, 6.07) is 5.31. The molecule has 176 valence electrons. The molecule has 0 aromatic heterocycles. The second-order valence-electron chi connectivity index (χ2n) is 9.68. The number of anilines is 2. The number of hydrogen-bond acceptors (Lipinski definition) is 2. The molecule has 6 heteroatoms. The maximum absolute atomic E-state index is 12.4. The van der Waals surface area contributed by atoms with Gasteiger partial charge in [-0.25, -0.2) is 9.59 Å². The SMILES string of the molecule is Cc1ccc(NC(=O)NC(C)CCCC(C)C)cc1NC(=O)NC(C)CCCC(C)C. The van der Waals surface area contributed by atoms with E-state index >= 15 is 0 Å². The Morgan fingerprint density at radius 2 is 1.23 bits per heavy atom. The lowest BCUT2D eigenvalue weighted by atomic mass is 10.0. The van der Waals surface area contributed by atoms with E-state index in [1.54, 1.807) is 6.07 Å². The first-order valence-corrected chi connectivity index (χ1v) is 11.8. The number of rotatable bonds is 12. The fourth-order valence-corrected chi connectivity index (χ4v) is 3.42. The number of nitrogens with one attached hydrogen (secondary N) is 4. The van der Waals surface area contributed by atoms with Crippen LogP contribution in [0, 0.1) is 18.8 Å². The number of hydrogen-bond donors (Lipinski definition) is 4. The van der Waals surface area contributed by atoms with E-state index in [2.05, 4.69) is 49.0 Å². The second kappa shape index (κ2) is 13.9. The zero-order valence-corrected chi connectivity index (χ0v) is 20.6. The fraction of sp³-hybridized carbons (Fsp3) is 0.680. The van der Waals surface area contributed by atoms with Crippen molar-refractivity contribution < 1.29 is 9.59 Å². The molecule has 4 amide bonds. The molecule has 0 heterocycles. The molecule has 6 nitrogen and oxygen atoms in total. The van der Waals surface area contributed by atoms with Crippen molar-refractivity contribution in [2.24, 2.45) is 11.8 Å². The highest BCUT2D eigenvalue weighted by atomic mass is 16.2. The molecule has 0 radical (unpaired) electrons. The smallest absolute Gasteiger partial charge is 0.319 e. The van der Waals surface area contributed by atoms with Gasteiger partial charge in [-0.3, -0.25) is 0 Å². The molecule has 2 atom stereocenters. The topological polar surface area (TPSA) is 82.3 Å². The van der Waals surface area contributed by atoms with E-state index < -0.39 is 0 Å². The molecule has 1 rings (SSSR count). The Balaban J connectivity index is 2.52. The highest BCUT2D eigenvalue weighted by Gasteiger charge is 2.12. The standard InChI is InChI=1S/C25H44N4O2/c1-17(2)10-8-12-20(6)26-24(30)28-22-15-14-19(5)23(16-22)29-25(31)27-21(7)13-9-11-18(3)4/h14-18,20-21H,8-13H2,1-7H3,(H2,26,28,30)(H2,27,29,31). The number of carbonyl (C=O) groups excluding carboxylic acids is 2. The molecule has 31 heavy (non-hydrogen) atoms. The summed E-state index contributed by atoms with van der Waals surface area (Å²) >= 11 is 0. The van der Waals surface area contributed by atoms with Crippen LogP contribution in [0.4, 0.5) is 21.0 Å². The Bertz CT molecular complexity index is 688. The van der Waals surface area contributed by atoms with Gasteiger partial charge in [0.1, 0.15) is 0 Å². The Hall–Kier alpha value is -2.24. The first-order valence-electron chi connectivity index (χ1n) is 11.8. The van der Waals surface area contributed by atoms with E-state index in [0.717, 1.165) is 31.2 Å². The molecule has 0 spiro atoms. The molecule has 0 aliphatic carbocycles. The second-order valence-corrected chi connectivity index (χ2v) is 9.68. The summed E-state index contributed by atoms with van der Waals surface area (Å²) in [5, 5.41) is 11.8. The predicted octanol–water partition coefficient (Wildman–Crippen LogP) is 6.67. The Morgan fingerprint density at radius 3 is 1.71 bits per heavy atom. The lowest BCUT2D eigenvalue weighted by Crippen LogP contribution is -2.36. The maximum Gasteiger partial charge on any atom is 0.319 e. The quantitative estimate of drug-likeness (QED) is 0.297. The molecule has 1 aromatic carbocycles. The lowest BCUT2D eigenvalue weighted by molar-refractivity contribution is 0.247. The highest BCUT2D eigenvalue weighted by molar-refractivity contribution is 5.93. The molecule has 1 aromatic rings. The van der Waals surface area contributed by atoms with Crippen molar-refractivity contribution in [1.82, 2.24) is 10.6 Å². The molecule has 2 unspecified atom stereocenters. The third-order valence-electron chi connectivity index (χ3n) is 5.34. The molecule has 0 saturated carbocycles. The zero-order valence-electron chi connectivity index (χ0n) is 20.6. The molecular weight excluding hydrogens is 388 g/mol. The van der Waals surface area contributed by atoms with Gasteiger partial charge in [-0.2, -0.15) is 0 Å². The van der Waals surface area contributed by atoms with Gasteiger partial charge in [0.15, 0.2) is 0 Å². The van der Waals surface area contributed by atoms with Crippen LogP contribution in [0.5, 0.6) is 0 Å². The number of benzene rings is 1. The van der Waals surface area contributed by atoms with Crippen molar-refractivity contribution in [3.63, 3.8) is 0 Å². The van der Waals surface area contributed by atoms with Crippen LogP contribution in [0.1, 0.15) is 85.6 Å². The van der Waals surface area contributed by atoms with Gasteiger partial charge in [0.25, 0.3) is 0 Å². The Labute approximate surface area is 189 Å². The van der Waals surface area contributed by atoms with E-state index in [1.165, 1.54) is 12.8 Å². The van der Waals surface area contributed by atoms with Gasteiger partial charge in [0, 0.05) is 23.5 Å². The van der Waals surface area contributed by atoms with Crippen LogP contribution >= 0.6 is 0 Å². The first-order chi connectivity index (χ1) is 14.6. The molecule has 0 fully saturated rings. The van der Waals surface area contributed by atoms with E-state index in [4.69, 9.17) is 0 Å². The van der Waals surface area contributed by atoms with E-state index in [9.17, 15) is 9.59 Å². The summed E-state index contributed by atoms with van der Waals surface area (Å²) in [6.45, 7) is 14.8. The van der Waals surface area contributed by atoms with Crippen LogP contribution in [0.25, 0.3) is 0 Å². The summed E-state index contributed by atoms with van der Waals surface area (Å²) in [5.74, 6) is 1.36. The molecular formula is C25H44N4O2. The molecule has 0 aliphatic heterocycles. The van der Waals surface area contributed by atoms with Gasteiger partial charge in [-0.1, -0.05) is 59.4 Å². The first kappa shape index (κ1) is 26.8. The van der Waals surface area contributed by atoms with E-state index in [1.807, 2.05) is 32.9 Å². The minimum atomic E-state index is -0.227. The molecule has 0 bridgehead atoms. The summed E-state index contributed by atoms with van der Waals surface area (Å²) < 4.78 is 0. The Kier molecular flexibility index (Phi) is 12.1. The van der Waals surface area contributed by atoms with Crippen LogP contribution in [-0.2, 0) is 0 Å². The third-order valence-corrected chi connectivity index (χ3v) is 5.34. The number of aryl methyl sites for hydroxylation is 1. The molecule has 0 saturated heterocycles. The highest BCUT2D eigenvalue weighted by Crippen LogP contribution is 2.20. The summed E-state index contributed by atoms with van der Waals surface area (Å²) in [7, 11) is 0. The van der Waals surface area contributed by atoms with Crippen LogP contribution in [0.3, 0.4) is 0 Å². The third kappa shape index (κ3) is 12.3. The summed E-state index contributed by atoms with van der Waals surface area (Å²) in [5.41, 5.74) is 2.28. The van der Waals surface area contributed by atoms with Crippen LogP contribution in [0.2, 0.25) is 0 Å². The Morgan fingerprint density at radius 1 is 0.742 bits per heavy atom. The monoisotopic (exact) mass is 432 g/mol. The minimum absolute atomic E-state index is 0.114. The largest absolute Gasteiger partial charge is 0.335 e. The van der Waals surface area contributed by atoms with E-state index in [0.29, 0.717) is 23.2 Å². The lowest BCUT2D eigenvalue weighted by Gasteiger charge is -2.17. The number of urea groups is 2. The van der Waals surface area contributed by atoms with Gasteiger partial charge >= 0.3 is 12.1 Å². The molecule has 0 aliphatic rings. The van der Waals surface area contributed by atoms with Crippen molar-refractivity contribution in [3.05, 3.63) is 23.8 Å². The van der Waals surface area contributed by atoms with Crippen LogP contribution < -0.4 is 21.3 Å². The van der Waals surface area contributed by atoms with Crippen molar-refractivity contribution in [2.75, 3.05) is 10.6 Å². The van der Waals surface area contributed by atoms with Gasteiger partial charge in [-0.05, 0) is 63.1 Å². The summed E-state index contributed by atoms with van der Waals surface area (Å²) in [4.78, 5) is 24.7. The average Bonchev–Trinajstić information content (AvgIpc) is 2.63. The van der Waals surface area contributed by atoms with Gasteiger partial charge in [-0.15, -0.1) is 0 Å². The zero-order chi connectivity index (χ0) is 23.4. The van der Waals surface area contributed by atoms with Crippen molar-refractivity contribution >= 4 is 23.4 Å². The minimum Gasteiger partial charge on any atom is -0.335 e. The van der Waals surface area contributed by atoms with Crippen LogP contribution in [-0.4, -0.2) is 24.1 Å². The van der Waals surface area contributed by atoms with Crippen molar-refractivity contribution in [3.8, 4) is 0 Å². The normalized spacial score (nSPS) is 13.1. The van der Waals surface area contributed by atoms with Gasteiger partial charge in [0.2, 0.25) is 0 Å². The molecule has 4 N–H and O–H groups in total. The number of amides is 4.